The summed E-state index contributed by atoms with van der Waals surface area (Å²) in [5.41, 5.74) is 1.59. The van der Waals surface area contributed by atoms with E-state index in [1.54, 1.807) is 0 Å². The fourth-order valence-electron chi connectivity index (χ4n) is 2.58. The second kappa shape index (κ2) is 7.49. The van der Waals surface area contributed by atoms with Crippen LogP contribution < -0.4 is 9.62 Å². The third-order valence-electron chi connectivity index (χ3n) is 3.76. The predicted octanol–water partition coefficient (Wildman–Crippen LogP) is 2.99. The maximum atomic E-state index is 13.5. The molecule has 0 spiro atoms. The number of thiophene rings is 1. The molecule has 10 heteroatoms. The van der Waals surface area contributed by atoms with Crippen LogP contribution in [0.4, 0.5) is 15.9 Å². The third kappa shape index (κ3) is 4.34. The number of rotatable bonds is 6. The van der Waals surface area contributed by atoms with E-state index in [2.05, 4.69) is 15.5 Å². The molecule has 0 saturated heterocycles. The van der Waals surface area contributed by atoms with Gasteiger partial charge in [0.25, 0.3) is 0 Å². The molecule has 27 heavy (non-hydrogen) atoms. The van der Waals surface area contributed by atoms with Crippen LogP contribution >= 0.6 is 11.3 Å². The van der Waals surface area contributed by atoms with Crippen molar-refractivity contribution in [2.45, 2.75) is 6.92 Å². The lowest BCUT2D eigenvalue weighted by Crippen LogP contribution is -2.37. The van der Waals surface area contributed by atoms with Crippen LogP contribution in [0.5, 0.6) is 0 Å². The van der Waals surface area contributed by atoms with Crippen molar-refractivity contribution in [1.29, 1.82) is 0 Å². The van der Waals surface area contributed by atoms with Gasteiger partial charge in [0, 0.05) is 10.6 Å². The lowest BCUT2D eigenvalue weighted by atomic mass is 10.2. The van der Waals surface area contributed by atoms with Gasteiger partial charge in [0.1, 0.15) is 12.4 Å². The third-order valence-corrected chi connectivity index (χ3v) is 5.78. The average molecular weight is 408 g/mol. The SMILES string of the molecule is Cc1[nH]nc(NC(=O)CN(c2cccc(F)c2)S(C)(=O)=O)c1-c1cccs1. The van der Waals surface area contributed by atoms with Crippen molar-refractivity contribution < 1.29 is 17.6 Å². The van der Waals surface area contributed by atoms with Gasteiger partial charge >= 0.3 is 0 Å². The molecule has 7 nitrogen and oxygen atoms in total. The van der Waals surface area contributed by atoms with Crippen LogP contribution in [0.15, 0.2) is 41.8 Å². The highest BCUT2D eigenvalue weighted by Gasteiger charge is 2.23. The van der Waals surface area contributed by atoms with Crippen molar-refractivity contribution in [3.63, 3.8) is 0 Å². The number of carbonyl (C=O) groups excluding carboxylic acids is 1. The molecule has 0 radical (unpaired) electrons. The molecule has 0 unspecified atom stereocenters. The van der Waals surface area contributed by atoms with Crippen molar-refractivity contribution in [1.82, 2.24) is 10.2 Å². The van der Waals surface area contributed by atoms with Crippen molar-refractivity contribution >= 4 is 38.8 Å². The summed E-state index contributed by atoms with van der Waals surface area (Å²) in [5.74, 6) is -0.869. The number of nitrogens with one attached hydrogen (secondary N) is 2. The summed E-state index contributed by atoms with van der Waals surface area (Å²) < 4.78 is 38.5. The predicted molar refractivity (Wildman–Crippen MR) is 104 cm³/mol. The summed E-state index contributed by atoms with van der Waals surface area (Å²) in [7, 11) is -3.79. The Bertz CT molecular complexity index is 1060. The standard InChI is InChI=1S/C17H17FN4O3S2/c1-11-16(14-7-4-8-26-14)17(21-20-11)19-15(23)10-22(27(2,24)25)13-6-3-5-12(18)9-13/h3-9H,10H2,1-2H3,(H2,19,20,21,23). The van der Waals surface area contributed by atoms with Crippen molar-refractivity contribution in [3.8, 4) is 10.4 Å². The monoisotopic (exact) mass is 408 g/mol. The van der Waals surface area contributed by atoms with Crippen LogP contribution in [0.25, 0.3) is 10.4 Å². The van der Waals surface area contributed by atoms with E-state index in [9.17, 15) is 17.6 Å². The van der Waals surface area contributed by atoms with E-state index in [4.69, 9.17) is 0 Å². The second-order valence-electron chi connectivity index (χ2n) is 5.85. The van der Waals surface area contributed by atoms with E-state index in [1.807, 2.05) is 24.4 Å². The molecule has 142 valence electrons. The highest BCUT2D eigenvalue weighted by Crippen LogP contribution is 2.32. The van der Waals surface area contributed by atoms with E-state index >= 15 is 0 Å². The molecule has 0 atom stereocenters. The lowest BCUT2D eigenvalue weighted by molar-refractivity contribution is -0.114. The molecule has 0 aliphatic heterocycles. The molecule has 2 aromatic heterocycles. The number of nitrogens with zero attached hydrogens (tertiary/aromatic N) is 2. The van der Waals surface area contributed by atoms with Crippen LogP contribution in [-0.4, -0.2) is 37.3 Å². The molecule has 2 N–H and O–H groups in total. The number of hydrogen-bond acceptors (Lipinski definition) is 5. The number of anilines is 2. The maximum absolute atomic E-state index is 13.5. The van der Waals surface area contributed by atoms with E-state index < -0.39 is 28.3 Å². The number of carbonyl (C=O) groups is 1. The van der Waals surface area contributed by atoms with Crippen molar-refractivity contribution in [2.75, 3.05) is 22.4 Å². The molecular weight excluding hydrogens is 391 g/mol. The summed E-state index contributed by atoms with van der Waals surface area (Å²) in [6.45, 7) is 1.32. The summed E-state index contributed by atoms with van der Waals surface area (Å²) in [6, 6.07) is 8.84. The molecular formula is C17H17FN4O3S2. The zero-order chi connectivity index (χ0) is 19.6. The van der Waals surface area contributed by atoms with Crippen molar-refractivity contribution in [3.05, 3.63) is 53.3 Å². The highest BCUT2D eigenvalue weighted by molar-refractivity contribution is 7.92. The van der Waals surface area contributed by atoms with Gasteiger partial charge in [0.05, 0.1) is 17.5 Å². The van der Waals surface area contributed by atoms with Gasteiger partial charge < -0.3 is 5.32 Å². The number of benzene rings is 1. The first kappa shape index (κ1) is 19.1. The summed E-state index contributed by atoms with van der Waals surface area (Å²) in [4.78, 5) is 13.4. The molecule has 1 amide bonds. The normalized spacial score (nSPS) is 11.4. The average Bonchev–Trinajstić information content (AvgIpc) is 3.21. The Morgan fingerprint density at radius 2 is 2.11 bits per heavy atom. The minimum atomic E-state index is -3.79. The molecule has 0 bridgehead atoms. The maximum Gasteiger partial charge on any atom is 0.246 e. The number of H-pyrrole nitrogens is 1. The van der Waals surface area contributed by atoms with Crippen LogP contribution in [-0.2, 0) is 14.8 Å². The number of aromatic amines is 1. The Morgan fingerprint density at radius 3 is 2.74 bits per heavy atom. The number of sulfonamides is 1. The molecule has 0 saturated carbocycles. The number of aromatic nitrogens is 2. The summed E-state index contributed by atoms with van der Waals surface area (Å²) in [6.07, 6.45) is 0.959. The Balaban J connectivity index is 1.84. The van der Waals surface area contributed by atoms with Gasteiger partial charge in [-0.3, -0.25) is 14.2 Å². The fraction of sp³-hybridized carbons (Fsp3) is 0.176. The van der Waals surface area contributed by atoms with E-state index in [1.165, 1.54) is 29.5 Å². The van der Waals surface area contributed by atoms with Gasteiger partial charge in [-0.15, -0.1) is 11.3 Å². The van der Waals surface area contributed by atoms with Crippen LogP contribution in [0.2, 0.25) is 0 Å². The lowest BCUT2D eigenvalue weighted by Gasteiger charge is -2.21. The Kier molecular flexibility index (Phi) is 5.29. The summed E-state index contributed by atoms with van der Waals surface area (Å²) in [5, 5.41) is 11.4. The van der Waals surface area contributed by atoms with E-state index in [0.29, 0.717) is 5.82 Å². The molecule has 3 aromatic rings. The first-order chi connectivity index (χ1) is 12.8. The molecule has 0 aliphatic rings. The molecule has 0 fully saturated rings. The molecule has 3 rings (SSSR count). The van der Waals surface area contributed by atoms with Crippen LogP contribution in [0.1, 0.15) is 5.69 Å². The van der Waals surface area contributed by atoms with Gasteiger partial charge in [-0.2, -0.15) is 5.10 Å². The molecule has 1 aromatic carbocycles. The number of aryl methyl sites for hydroxylation is 1. The fourth-order valence-corrected chi connectivity index (χ4v) is 4.25. The Morgan fingerprint density at radius 1 is 1.33 bits per heavy atom. The number of amides is 1. The molecule has 2 heterocycles. The highest BCUT2D eigenvalue weighted by atomic mass is 32.2. The quantitative estimate of drug-likeness (QED) is 0.655. The number of halogens is 1. The largest absolute Gasteiger partial charge is 0.307 e. The van der Waals surface area contributed by atoms with Gasteiger partial charge in [-0.1, -0.05) is 12.1 Å². The summed E-state index contributed by atoms with van der Waals surface area (Å²) >= 11 is 1.49. The Labute approximate surface area is 159 Å². The first-order valence-corrected chi connectivity index (χ1v) is 10.6. The number of hydrogen-bond donors (Lipinski definition) is 2. The van der Waals surface area contributed by atoms with Gasteiger partial charge in [0.2, 0.25) is 15.9 Å². The Hall–Kier alpha value is -2.72. The van der Waals surface area contributed by atoms with Crippen LogP contribution in [0, 0.1) is 12.7 Å². The van der Waals surface area contributed by atoms with Gasteiger partial charge in [0.15, 0.2) is 5.82 Å². The minimum Gasteiger partial charge on any atom is -0.307 e. The topological polar surface area (TPSA) is 95.2 Å². The first-order valence-electron chi connectivity index (χ1n) is 7.87. The van der Waals surface area contributed by atoms with E-state index in [0.717, 1.165) is 32.8 Å². The molecule has 0 aliphatic carbocycles. The van der Waals surface area contributed by atoms with Crippen LogP contribution in [0.3, 0.4) is 0 Å². The zero-order valence-electron chi connectivity index (χ0n) is 14.6. The van der Waals surface area contributed by atoms with E-state index in [-0.39, 0.29) is 5.69 Å². The zero-order valence-corrected chi connectivity index (χ0v) is 16.2. The minimum absolute atomic E-state index is 0.0735. The second-order valence-corrected chi connectivity index (χ2v) is 8.70. The van der Waals surface area contributed by atoms with Gasteiger partial charge in [-0.05, 0) is 36.6 Å². The smallest absolute Gasteiger partial charge is 0.246 e. The van der Waals surface area contributed by atoms with Crippen molar-refractivity contribution in [2.24, 2.45) is 0 Å². The van der Waals surface area contributed by atoms with Gasteiger partial charge in [-0.25, -0.2) is 12.8 Å².